The molecular formula is C16H24N2O2. The van der Waals surface area contributed by atoms with E-state index in [9.17, 15) is 0 Å². The van der Waals surface area contributed by atoms with Crippen molar-refractivity contribution in [1.29, 1.82) is 0 Å². The van der Waals surface area contributed by atoms with Crippen molar-refractivity contribution < 1.29 is 9.47 Å². The number of hydrogen-bond donors (Lipinski definition) is 1. The van der Waals surface area contributed by atoms with Crippen LogP contribution in [0.3, 0.4) is 0 Å². The van der Waals surface area contributed by atoms with Crippen LogP contribution < -0.4 is 15.2 Å². The van der Waals surface area contributed by atoms with Crippen LogP contribution in [0.5, 0.6) is 11.5 Å². The first-order chi connectivity index (χ1) is 9.71. The molecule has 0 saturated carbocycles. The van der Waals surface area contributed by atoms with Crippen molar-refractivity contribution in [3.05, 3.63) is 23.8 Å². The van der Waals surface area contributed by atoms with Crippen LogP contribution in [-0.2, 0) is 6.54 Å². The van der Waals surface area contributed by atoms with Gasteiger partial charge in [0.25, 0.3) is 0 Å². The molecule has 1 aromatic rings. The van der Waals surface area contributed by atoms with Gasteiger partial charge in [-0.3, -0.25) is 4.90 Å². The molecule has 2 unspecified atom stereocenters. The molecule has 20 heavy (non-hydrogen) atoms. The molecule has 0 aliphatic carbocycles. The van der Waals surface area contributed by atoms with E-state index >= 15 is 0 Å². The number of methoxy groups -OCH3 is 2. The van der Waals surface area contributed by atoms with Gasteiger partial charge in [-0.25, -0.2) is 0 Å². The van der Waals surface area contributed by atoms with E-state index in [-0.39, 0.29) is 0 Å². The van der Waals surface area contributed by atoms with Crippen molar-refractivity contribution in [3.8, 4) is 11.5 Å². The summed E-state index contributed by atoms with van der Waals surface area (Å²) < 4.78 is 10.7. The summed E-state index contributed by atoms with van der Waals surface area (Å²) in [5.74, 6) is 1.60. The fourth-order valence-electron chi connectivity index (χ4n) is 3.76. The molecule has 2 N–H and O–H groups in total. The standard InChI is InChI=1S/C16H24N2O2/c1-19-15-6-3-11(7-16(15)20-2)10-18-13-4-5-14(18)9-12(17)8-13/h3,6-7,12-14H,4-5,8-10,17H2,1-2H3. The Morgan fingerprint density at radius 1 is 1.10 bits per heavy atom. The van der Waals surface area contributed by atoms with Gasteiger partial charge in [0.1, 0.15) is 0 Å². The molecule has 4 heteroatoms. The molecule has 2 atom stereocenters. The quantitative estimate of drug-likeness (QED) is 0.915. The number of benzene rings is 1. The van der Waals surface area contributed by atoms with Crippen molar-refractivity contribution in [3.63, 3.8) is 0 Å². The Morgan fingerprint density at radius 2 is 1.75 bits per heavy atom. The lowest BCUT2D eigenvalue weighted by Gasteiger charge is -2.37. The van der Waals surface area contributed by atoms with Crippen LogP contribution in [0.25, 0.3) is 0 Å². The summed E-state index contributed by atoms with van der Waals surface area (Å²) in [6, 6.07) is 7.94. The Labute approximate surface area is 120 Å². The minimum atomic E-state index is 0.397. The summed E-state index contributed by atoms with van der Waals surface area (Å²) in [4.78, 5) is 2.63. The maximum atomic E-state index is 6.13. The topological polar surface area (TPSA) is 47.7 Å². The first-order valence-corrected chi connectivity index (χ1v) is 7.43. The number of fused-ring (bicyclic) bond motifs is 2. The highest BCUT2D eigenvalue weighted by Gasteiger charge is 2.39. The lowest BCUT2D eigenvalue weighted by molar-refractivity contribution is 0.120. The Morgan fingerprint density at radius 3 is 2.35 bits per heavy atom. The fraction of sp³-hybridized carbons (Fsp3) is 0.625. The zero-order valence-electron chi connectivity index (χ0n) is 12.3. The van der Waals surface area contributed by atoms with Crippen LogP contribution in [0.1, 0.15) is 31.2 Å². The number of nitrogens with zero attached hydrogens (tertiary/aromatic N) is 1. The highest BCUT2D eigenvalue weighted by Crippen LogP contribution is 2.37. The van der Waals surface area contributed by atoms with Crippen LogP contribution in [0.15, 0.2) is 18.2 Å². The van der Waals surface area contributed by atoms with E-state index in [4.69, 9.17) is 15.2 Å². The first-order valence-electron chi connectivity index (χ1n) is 7.43. The molecule has 110 valence electrons. The van der Waals surface area contributed by atoms with Gasteiger partial charge in [0.15, 0.2) is 11.5 Å². The molecule has 4 nitrogen and oxygen atoms in total. The molecular weight excluding hydrogens is 252 g/mol. The second kappa shape index (κ2) is 5.62. The van der Waals surface area contributed by atoms with Crippen molar-refractivity contribution >= 4 is 0 Å². The summed E-state index contributed by atoms with van der Waals surface area (Å²) in [7, 11) is 3.36. The predicted octanol–water partition coefficient (Wildman–Crippen LogP) is 2.16. The number of hydrogen-bond acceptors (Lipinski definition) is 4. The Bertz CT molecular complexity index is 464. The Kier molecular flexibility index (Phi) is 3.85. The third-order valence-electron chi connectivity index (χ3n) is 4.73. The van der Waals surface area contributed by atoms with Gasteiger partial charge in [0.05, 0.1) is 14.2 Å². The van der Waals surface area contributed by atoms with Gasteiger partial charge >= 0.3 is 0 Å². The van der Waals surface area contributed by atoms with Crippen molar-refractivity contribution in [2.75, 3.05) is 14.2 Å². The van der Waals surface area contributed by atoms with Crippen molar-refractivity contribution in [2.24, 2.45) is 5.73 Å². The van der Waals surface area contributed by atoms with Gasteiger partial charge in [-0.15, -0.1) is 0 Å². The molecule has 2 saturated heterocycles. The maximum Gasteiger partial charge on any atom is 0.161 e. The monoisotopic (exact) mass is 276 g/mol. The average Bonchev–Trinajstić information content (AvgIpc) is 2.70. The largest absolute Gasteiger partial charge is 0.493 e. The Hall–Kier alpha value is -1.26. The molecule has 0 amide bonds. The lowest BCUT2D eigenvalue weighted by Crippen LogP contribution is -2.46. The minimum Gasteiger partial charge on any atom is -0.493 e. The van der Waals surface area contributed by atoms with Gasteiger partial charge in [-0.05, 0) is 43.4 Å². The van der Waals surface area contributed by atoms with E-state index in [0.717, 1.165) is 30.9 Å². The zero-order chi connectivity index (χ0) is 14.1. The van der Waals surface area contributed by atoms with E-state index in [0.29, 0.717) is 18.1 Å². The van der Waals surface area contributed by atoms with Gasteiger partial charge in [0, 0.05) is 24.7 Å². The molecule has 0 spiro atoms. The molecule has 2 bridgehead atoms. The van der Waals surface area contributed by atoms with Crippen LogP contribution in [-0.4, -0.2) is 37.2 Å². The van der Waals surface area contributed by atoms with Crippen LogP contribution >= 0.6 is 0 Å². The minimum absolute atomic E-state index is 0.397. The third-order valence-corrected chi connectivity index (χ3v) is 4.73. The highest BCUT2D eigenvalue weighted by atomic mass is 16.5. The number of piperidine rings is 1. The molecule has 2 heterocycles. The van der Waals surface area contributed by atoms with Crippen LogP contribution in [0, 0.1) is 0 Å². The van der Waals surface area contributed by atoms with E-state index in [1.54, 1.807) is 14.2 Å². The van der Waals surface area contributed by atoms with Crippen LogP contribution in [0.2, 0.25) is 0 Å². The van der Waals surface area contributed by atoms with Crippen LogP contribution in [0.4, 0.5) is 0 Å². The first kappa shape index (κ1) is 13.7. The van der Waals surface area contributed by atoms with Gasteiger partial charge < -0.3 is 15.2 Å². The second-order valence-corrected chi connectivity index (χ2v) is 5.98. The Balaban J connectivity index is 1.75. The van der Waals surface area contributed by atoms with E-state index < -0.39 is 0 Å². The summed E-state index contributed by atoms with van der Waals surface area (Å²) >= 11 is 0. The molecule has 0 aromatic heterocycles. The lowest BCUT2D eigenvalue weighted by atomic mass is 9.97. The van der Waals surface area contributed by atoms with E-state index in [1.807, 2.05) is 6.07 Å². The van der Waals surface area contributed by atoms with E-state index in [2.05, 4.69) is 17.0 Å². The fourth-order valence-corrected chi connectivity index (χ4v) is 3.76. The molecule has 2 aliphatic rings. The zero-order valence-corrected chi connectivity index (χ0v) is 12.3. The maximum absolute atomic E-state index is 6.13. The normalized spacial score (nSPS) is 29.4. The predicted molar refractivity (Wildman–Crippen MR) is 79.1 cm³/mol. The smallest absolute Gasteiger partial charge is 0.161 e. The van der Waals surface area contributed by atoms with Gasteiger partial charge in [-0.2, -0.15) is 0 Å². The van der Waals surface area contributed by atoms with Gasteiger partial charge in [0.2, 0.25) is 0 Å². The molecule has 0 radical (unpaired) electrons. The van der Waals surface area contributed by atoms with Crippen molar-refractivity contribution in [1.82, 2.24) is 4.90 Å². The summed E-state index contributed by atoms with van der Waals surface area (Å²) in [5.41, 5.74) is 7.42. The SMILES string of the molecule is COc1ccc(CN2C3CCC2CC(N)C3)cc1OC. The van der Waals surface area contributed by atoms with Gasteiger partial charge in [-0.1, -0.05) is 6.07 Å². The van der Waals surface area contributed by atoms with Crippen molar-refractivity contribution in [2.45, 2.75) is 50.4 Å². The highest BCUT2D eigenvalue weighted by molar-refractivity contribution is 5.42. The molecule has 3 rings (SSSR count). The number of ether oxygens (including phenoxy) is 2. The molecule has 2 fully saturated rings. The second-order valence-electron chi connectivity index (χ2n) is 5.98. The molecule has 1 aromatic carbocycles. The average molecular weight is 276 g/mol. The third kappa shape index (κ3) is 2.50. The summed E-state index contributed by atoms with van der Waals surface area (Å²) in [5, 5.41) is 0. The summed E-state index contributed by atoms with van der Waals surface area (Å²) in [6.45, 7) is 0.988. The summed E-state index contributed by atoms with van der Waals surface area (Å²) in [6.07, 6.45) is 4.88. The molecule has 2 aliphatic heterocycles. The number of rotatable bonds is 4. The van der Waals surface area contributed by atoms with E-state index in [1.165, 1.54) is 18.4 Å². The number of nitrogens with two attached hydrogens (primary N) is 1.